The fourth-order valence-electron chi connectivity index (χ4n) is 1.73. The van der Waals surface area contributed by atoms with Crippen LogP contribution in [-0.4, -0.2) is 36.1 Å². The van der Waals surface area contributed by atoms with E-state index in [2.05, 4.69) is 10.6 Å². The quantitative estimate of drug-likeness (QED) is 0.622. The zero-order chi connectivity index (χ0) is 14.8. The minimum atomic E-state index is -0.736. The third kappa shape index (κ3) is 3.28. The van der Waals surface area contributed by atoms with E-state index in [0.29, 0.717) is 13.1 Å². The molecular weight excluding hydrogens is 269 g/mol. The van der Waals surface area contributed by atoms with Gasteiger partial charge in [-0.2, -0.15) is 0 Å². The van der Waals surface area contributed by atoms with Gasteiger partial charge in [-0.1, -0.05) is 0 Å². The minimum absolute atomic E-state index is 0.232. The first-order valence-electron chi connectivity index (χ1n) is 5.98. The molecular formula is C12H14FN3O4. The summed E-state index contributed by atoms with van der Waals surface area (Å²) in [4.78, 5) is 21.6. The number of rotatable bonds is 5. The highest BCUT2D eigenvalue weighted by Gasteiger charge is 2.33. The van der Waals surface area contributed by atoms with Crippen molar-refractivity contribution in [2.45, 2.75) is 12.5 Å². The average molecular weight is 283 g/mol. The first-order valence-corrected chi connectivity index (χ1v) is 5.98. The summed E-state index contributed by atoms with van der Waals surface area (Å²) in [5.74, 6) is -1.29. The van der Waals surface area contributed by atoms with Crippen molar-refractivity contribution in [3.63, 3.8) is 0 Å². The van der Waals surface area contributed by atoms with Gasteiger partial charge in [0.05, 0.1) is 16.2 Å². The van der Waals surface area contributed by atoms with Gasteiger partial charge in [0.2, 0.25) is 5.91 Å². The van der Waals surface area contributed by atoms with E-state index in [-0.39, 0.29) is 18.0 Å². The largest absolute Gasteiger partial charge is 0.363 e. The van der Waals surface area contributed by atoms with Crippen LogP contribution in [0.25, 0.3) is 0 Å². The van der Waals surface area contributed by atoms with Crippen LogP contribution in [0, 0.1) is 15.9 Å². The maximum Gasteiger partial charge on any atom is 0.271 e. The number of non-ortho nitro benzene ring substituents is 1. The number of hydrogen-bond donors (Lipinski definition) is 2. The van der Waals surface area contributed by atoms with E-state index in [4.69, 9.17) is 4.74 Å². The van der Waals surface area contributed by atoms with E-state index in [1.54, 1.807) is 0 Å². The van der Waals surface area contributed by atoms with Crippen LogP contribution >= 0.6 is 0 Å². The van der Waals surface area contributed by atoms with Gasteiger partial charge in [0, 0.05) is 25.2 Å². The SMILES string of the molecule is CC1(OCC(=O)Nc2cc([N+](=O)[O-])ccc2F)CNC1. The molecule has 1 aliphatic rings. The van der Waals surface area contributed by atoms with Gasteiger partial charge >= 0.3 is 0 Å². The molecule has 0 unspecified atom stereocenters. The number of benzene rings is 1. The second kappa shape index (κ2) is 5.51. The van der Waals surface area contributed by atoms with Gasteiger partial charge in [0.1, 0.15) is 12.4 Å². The highest BCUT2D eigenvalue weighted by atomic mass is 19.1. The van der Waals surface area contributed by atoms with Crippen LogP contribution in [0.1, 0.15) is 6.92 Å². The number of halogens is 1. The van der Waals surface area contributed by atoms with Crippen LogP contribution in [0.2, 0.25) is 0 Å². The molecule has 0 radical (unpaired) electrons. The van der Waals surface area contributed by atoms with Crippen molar-refractivity contribution in [1.82, 2.24) is 5.32 Å². The number of hydrogen-bond acceptors (Lipinski definition) is 5. The number of anilines is 1. The summed E-state index contributed by atoms with van der Waals surface area (Å²) in [6.45, 7) is 2.90. The highest BCUT2D eigenvalue weighted by molar-refractivity contribution is 5.92. The van der Waals surface area contributed by atoms with E-state index in [1.807, 2.05) is 6.92 Å². The first-order chi connectivity index (χ1) is 9.39. The Morgan fingerprint density at radius 3 is 2.85 bits per heavy atom. The second-order valence-electron chi connectivity index (χ2n) is 4.81. The lowest BCUT2D eigenvalue weighted by molar-refractivity contribution is -0.384. The summed E-state index contributed by atoms with van der Waals surface area (Å²) in [5, 5.41) is 15.9. The summed E-state index contributed by atoms with van der Waals surface area (Å²) in [6.07, 6.45) is 0. The van der Waals surface area contributed by atoms with Crippen molar-refractivity contribution < 1.29 is 18.8 Å². The van der Waals surface area contributed by atoms with Gasteiger partial charge in [-0.25, -0.2) is 4.39 Å². The van der Waals surface area contributed by atoms with Crippen LogP contribution in [-0.2, 0) is 9.53 Å². The molecule has 0 saturated carbocycles. The Balaban J connectivity index is 1.96. The summed E-state index contributed by atoms with van der Waals surface area (Å²) >= 11 is 0. The van der Waals surface area contributed by atoms with Crippen molar-refractivity contribution in [2.24, 2.45) is 0 Å². The zero-order valence-corrected chi connectivity index (χ0v) is 10.8. The summed E-state index contributed by atoms with van der Waals surface area (Å²) in [7, 11) is 0. The molecule has 108 valence electrons. The van der Waals surface area contributed by atoms with Crippen molar-refractivity contribution in [1.29, 1.82) is 0 Å². The standard InChI is InChI=1S/C12H14FN3O4/c1-12(6-14-7-12)20-5-11(17)15-10-4-8(16(18)19)2-3-9(10)13/h2-4,14H,5-7H2,1H3,(H,15,17). The Morgan fingerprint density at radius 1 is 1.60 bits per heavy atom. The predicted octanol–water partition coefficient (Wildman–Crippen LogP) is 1.05. The maximum atomic E-state index is 13.5. The minimum Gasteiger partial charge on any atom is -0.363 e. The fourth-order valence-corrected chi connectivity index (χ4v) is 1.73. The van der Waals surface area contributed by atoms with E-state index in [0.717, 1.165) is 18.2 Å². The molecule has 0 aromatic heterocycles. The van der Waals surface area contributed by atoms with Gasteiger partial charge in [-0.05, 0) is 13.0 Å². The average Bonchev–Trinajstić information content (AvgIpc) is 2.36. The molecule has 0 spiro atoms. The molecule has 2 N–H and O–H groups in total. The number of nitro groups is 1. The summed E-state index contributed by atoms with van der Waals surface area (Å²) in [5.41, 5.74) is -0.916. The smallest absolute Gasteiger partial charge is 0.271 e. The molecule has 0 atom stereocenters. The topological polar surface area (TPSA) is 93.5 Å². The van der Waals surface area contributed by atoms with Crippen LogP contribution < -0.4 is 10.6 Å². The number of carbonyl (C=O) groups excluding carboxylic acids is 1. The Labute approximate surface area is 114 Å². The van der Waals surface area contributed by atoms with Crippen molar-refractivity contribution in [3.05, 3.63) is 34.1 Å². The second-order valence-corrected chi connectivity index (χ2v) is 4.81. The first kappa shape index (κ1) is 14.4. The number of amides is 1. The molecule has 1 amide bonds. The Hall–Kier alpha value is -2.06. The number of nitrogens with zero attached hydrogens (tertiary/aromatic N) is 1. The molecule has 8 heteroatoms. The van der Waals surface area contributed by atoms with Gasteiger partial charge in [-0.3, -0.25) is 14.9 Å². The van der Waals surface area contributed by atoms with Crippen molar-refractivity contribution >= 4 is 17.3 Å². The molecule has 1 aromatic carbocycles. The molecule has 1 heterocycles. The van der Waals surface area contributed by atoms with Crippen LogP contribution in [0.15, 0.2) is 18.2 Å². The third-order valence-corrected chi connectivity index (χ3v) is 2.98. The Morgan fingerprint density at radius 2 is 2.30 bits per heavy atom. The summed E-state index contributed by atoms with van der Waals surface area (Å²) < 4.78 is 18.8. The van der Waals surface area contributed by atoms with E-state index >= 15 is 0 Å². The third-order valence-electron chi connectivity index (χ3n) is 2.98. The lowest BCUT2D eigenvalue weighted by Crippen LogP contribution is -2.59. The molecule has 7 nitrogen and oxygen atoms in total. The normalized spacial score (nSPS) is 16.3. The summed E-state index contributed by atoms with van der Waals surface area (Å²) in [6, 6.07) is 2.94. The molecule has 0 bridgehead atoms. The Kier molecular flexibility index (Phi) is 3.96. The number of ether oxygens (including phenoxy) is 1. The van der Waals surface area contributed by atoms with Gasteiger partial charge < -0.3 is 15.4 Å². The molecule has 1 aliphatic heterocycles. The molecule has 0 aliphatic carbocycles. The zero-order valence-electron chi connectivity index (χ0n) is 10.8. The maximum absolute atomic E-state index is 13.5. The number of nitro benzene ring substituents is 1. The molecule has 2 rings (SSSR count). The lowest BCUT2D eigenvalue weighted by atomic mass is 10.0. The number of carbonyl (C=O) groups is 1. The van der Waals surface area contributed by atoms with Gasteiger partial charge in [-0.15, -0.1) is 0 Å². The fraction of sp³-hybridized carbons (Fsp3) is 0.417. The molecule has 1 aromatic rings. The highest BCUT2D eigenvalue weighted by Crippen LogP contribution is 2.21. The van der Waals surface area contributed by atoms with Crippen LogP contribution in [0.5, 0.6) is 0 Å². The predicted molar refractivity (Wildman–Crippen MR) is 68.9 cm³/mol. The number of nitrogens with one attached hydrogen (secondary N) is 2. The van der Waals surface area contributed by atoms with Crippen molar-refractivity contribution in [2.75, 3.05) is 25.0 Å². The van der Waals surface area contributed by atoms with E-state index < -0.39 is 22.2 Å². The van der Waals surface area contributed by atoms with E-state index in [1.165, 1.54) is 0 Å². The van der Waals surface area contributed by atoms with Gasteiger partial charge in [0.15, 0.2) is 0 Å². The monoisotopic (exact) mass is 283 g/mol. The molecule has 1 saturated heterocycles. The van der Waals surface area contributed by atoms with Gasteiger partial charge in [0.25, 0.3) is 5.69 Å². The van der Waals surface area contributed by atoms with Crippen LogP contribution in [0.4, 0.5) is 15.8 Å². The van der Waals surface area contributed by atoms with Crippen LogP contribution in [0.3, 0.4) is 0 Å². The Bertz CT molecular complexity index is 546. The molecule has 20 heavy (non-hydrogen) atoms. The lowest BCUT2D eigenvalue weighted by Gasteiger charge is -2.38. The van der Waals surface area contributed by atoms with Crippen molar-refractivity contribution in [3.8, 4) is 0 Å². The molecule has 1 fully saturated rings. The van der Waals surface area contributed by atoms with E-state index in [9.17, 15) is 19.3 Å².